The fraction of sp³-hybridized carbons (Fsp3) is 0.133. The molecule has 0 aliphatic rings. The van der Waals surface area contributed by atoms with E-state index in [1.807, 2.05) is 0 Å². The van der Waals surface area contributed by atoms with Crippen LogP contribution < -0.4 is 10.1 Å². The maximum atomic E-state index is 12.1. The summed E-state index contributed by atoms with van der Waals surface area (Å²) in [6.07, 6.45) is 0. The first-order valence-corrected chi connectivity index (χ1v) is 6.18. The van der Waals surface area contributed by atoms with Gasteiger partial charge in [0, 0.05) is 0 Å². The van der Waals surface area contributed by atoms with E-state index in [0.717, 1.165) is 0 Å². The van der Waals surface area contributed by atoms with Gasteiger partial charge in [0.25, 0.3) is 5.91 Å². The Kier molecular flexibility index (Phi) is 4.18. The maximum absolute atomic E-state index is 12.1. The zero-order valence-corrected chi connectivity index (χ0v) is 11.6. The fourth-order valence-corrected chi connectivity index (χ4v) is 1.85. The van der Waals surface area contributed by atoms with Crippen molar-refractivity contribution in [1.82, 2.24) is 4.98 Å². The van der Waals surface area contributed by atoms with E-state index in [2.05, 4.69) is 10.3 Å². The van der Waals surface area contributed by atoms with E-state index >= 15 is 0 Å². The van der Waals surface area contributed by atoms with Gasteiger partial charge < -0.3 is 15.2 Å². The molecule has 6 heteroatoms. The second-order valence-electron chi connectivity index (χ2n) is 4.29. The SMILES string of the molecule is COc1ccccc1NC(=O)c1ccc(C(=O)O)c(C)n1. The third-order valence-electron chi connectivity index (χ3n) is 2.90. The summed E-state index contributed by atoms with van der Waals surface area (Å²) >= 11 is 0. The van der Waals surface area contributed by atoms with Crippen molar-refractivity contribution >= 4 is 17.6 Å². The molecular formula is C15H14N2O4. The first-order valence-electron chi connectivity index (χ1n) is 6.18. The molecule has 0 radical (unpaired) electrons. The number of carboxylic acids is 1. The van der Waals surface area contributed by atoms with Crippen LogP contribution in [0, 0.1) is 6.92 Å². The number of hydrogen-bond donors (Lipinski definition) is 2. The van der Waals surface area contributed by atoms with Gasteiger partial charge in [0.15, 0.2) is 0 Å². The zero-order chi connectivity index (χ0) is 15.4. The number of para-hydroxylation sites is 2. The molecule has 0 unspecified atom stereocenters. The summed E-state index contributed by atoms with van der Waals surface area (Å²) in [6.45, 7) is 1.54. The highest BCUT2D eigenvalue weighted by molar-refractivity contribution is 6.04. The Morgan fingerprint density at radius 3 is 2.52 bits per heavy atom. The quantitative estimate of drug-likeness (QED) is 0.900. The summed E-state index contributed by atoms with van der Waals surface area (Å²) in [5.74, 6) is -0.971. The van der Waals surface area contributed by atoms with Crippen LogP contribution in [0.2, 0.25) is 0 Å². The highest BCUT2D eigenvalue weighted by atomic mass is 16.5. The van der Waals surface area contributed by atoms with Gasteiger partial charge in [-0.15, -0.1) is 0 Å². The van der Waals surface area contributed by atoms with Gasteiger partial charge in [0.2, 0.25) is 0 Å². The summed E-state index contributed by atoms with van der Waals surface area (Å²) in [4.78, 5) is 27.1. The van der Waals surface area contributed by atoms with Crippen molar-refractivity contribution in [2.75, 3.05) is 12.4 Å². The van der Waals surface area contributed by atoms with Crippen LogP contribution in [0.15, 0.2) is 36.4 Å². The molecule has 2 N–H and O–H groups in total. The number of hydrogen-bond acceptors (Lipinski definition) is 4. The third-order valence-corrected chi connectivity index (χ3v) is 2.90. The molecule has 21 heavy (non-hydrogen) atoms. The highest BCUT2D eigenvalue weighted by Gasteiger charge is 2.14. The molecule has 0 saturated heterocycles. The second-order valence-corrected chi connectivity index (χ2v) is 4.29. The van der Waals surface area contributed by atoms with Crippen molar-refractivity contribution in [2.24, 2.45) is 0 Å². The third kappa shape index (κ3) is 3.17. The lowest BCUT2D eigenvalue weighted by atomic mass is 10.2. The molecule has 1 aromatic heterocycles. The zero-order valence-electron chi connectivity index (χ0n) is 11.6. The molecule has 2 rings (SSSR count). The van der Waals surface area contributed by atoms with Crippen molar-refractivity contribution in [2.45, 2.75) is 6.92 Å². The number of benzene rings is 1. The van der Waals surface area contributed by atoms with Crippen LogP contribution >= 0.6 is 0 Å². The second kappa shape index (κ2) is 6.04. The van der Waals surface area contributed by atoms with Gasteiger partial charge in [-0.1, -0.05) is 12.1 Å². The molecule has 2 aromatic rings. The molecule has 0 aliphatic carbocycles. The maximum Gasteiger partial charge on any atom is 0.337 e. The average Bonchev–Trinajstić information content (AvgIpc) is 2.47. The molecule has 1 amide bonds. The van der Waals surface area contributed by atoms with Gasteiger partial charge in [0.1, 0.15) is 11.4 Å². The molecule has 0 bridgehead atoms. The first-order chi connectivity index (χ1) is 10.0. The van der Waals surface area contributed by atoms with E-state index in [9.17, 15) is 9.59 Å². The number of amides is 1. The number of pyridine rings is 1. The van der Waals surface area contributed by atoms with E-state index in [-0.39, 0.29) is 17.0 Å². The predicted molar refractivity (Wildman–Crippen MR) is 76.9 cm³/mol. The number of carboxylic acid groups (broad SMARTS) is 1. The highest BCUT2D eigenvalue weighted by Crippen LogP contribution is 2.23. The summed E-state index contributed by atoms with van der Waals surface area (Å²) in [5.41, 5.74) is 1.02. The smallest absolute Gasteiger partial charge is 0.337 e. The Bertz CT molecular complexity index is 698. The van der Waals surface area contributed by atoms with Crippen LogP contribution in [0.1, 0.15) is 26.5 Å². The van der Waals surface area contributed by atoms with Crippen LogP contribution in [-0.4, -0.2) is 29.1 Å². The van der Waals surface area contributed by atoms with E-state index < -0.39 is 11.9 Å². The normalized spacial score (nSPS) is 10.0. The fourth-order valence-electron chi connectivity index (χ4n) is 1.85. The Balaban J connectivity index is 2.25. The first kappa shape index (κ1) is 14.5. The van der Waals surface area contributed by atoms with E-state index in [1.165, 1.54) is 19.2 Å². The molecule has 0 saturated carbocycles. The Hall–Kier alpha value is -2.89. The molecular weight excluding hydrogens is 272 g/mol. The number of nitrogens with zero attached hydrogens (tertiary/aromatic N) is 1. The van der Waals surface area contributed by atoms with E-state index in [1.54, 1.807) is 31.2 Å². The number of anilines is 1. The minimum Gasteiger partial charge on any atom is -0.495 e. The number of aromatic carboxylic acids is 1. The summed E-state index contributed by atoms with van der Waals surface area (Å²) in [6, 6.07) is 9.73. The van der Waals surface area contributed by atoms with Gasteiger partial charge >= 0.3 is 5.97 Å². The number of aromatic nitrogens is 1. The lowest BCUT2D eigenvalue weighted by molar-refractivity contribution is 0.0695. The number of aryl methyl sites for hydroxylation is 1. The molecule has 0 aliphatic heterocycles. The van der Waals surface area contributed by atoms with Gasteiger partial charge in [-0.05, 0) is 31.2 Å². The molecule has 0 atom stereocenters. The molecule has 1 aromatic carbocycles. The molecule has 0 fully saturated rings. The van der Waals surface area contributed by atoms with Crippen LogP contribution in [0.4, 0.5) is 5.69 Å². The Morgan fingerprint density at radius 2 is 1.90 bits per heavy atom. The van der Waals surface area contributed by atoms with Crippen LogP contribution in [-0.2, 0) is 0 Å². The van der Waals surface area contributed by atoms with Crippen molar-refractivity contribution in [3.63, 3.8) is 0 Å². The van der Waals surface area contributed by atoms with Gasteiger partial charge in [-0.2, -0.15) is 0 Å². The van der Waals surface area contributed by atoms with Crippen molar-refractivity contribution in [3.8, 4) is 5.75 Å². The molecule has 0 spiro atoms. The lowest BCUT2D eigenvalue weighted by Crippen LogP contribution is -2.16. The summed E-state index contributed by atoms with van der Waals surface area (Å²) in [5, 5.41) is 11.6. The van der Waals surface area contributed by atoms with Gasteiger partial charge in [0.05, 0.1) is 24.1 Å². The summed E-state index contributed by atoms with van der Waals surface area (Å²) in [7, 11) is 1.51. The summed E-state index contributed by atoms with van der Waals surface area (Å²) < 4.78 is 5.14. The standard InChI is InChI=1S/C15H14N2O4/c1-9-10(15(19)20)7-8-12(16-9)14(18)17-11-5-3-4-6-13(11)21-2/h3-8H,1-2H3,(H,17,18)(H,19,20). The number of methoxy groups -OCH3 is 1. The number of carbonyl (C=O) groups is 2. The van der Waals surface area contributed by atoms with Crippen molar-refractivity contribution in [1.29, 1.82) is 0 Å². The monoisotopic (exact) mass is 286 g/mol. The molecule has 6 nitrogen and oxygen atoms in total. The van der Waals surface area contributed by atoms with Crippen molar-refractivity contribution < 1.29 is 19.4 Å². The van der Waals surface area contributed by atoms with E-state index in [0.29, 0.717) is 11.4 Å². The van der Waals surface area contributed by atoms with Crippen molar-refractivity contribution in [3.05, 3.63) is 53.3 Å². The van der Waals surface area contributed by atoms with Crippen LogP contribution in [0.25, 0.3) is 0 Å². The van der Waals surface area contributed by atoms with Crippen LogP contribution in [0.3, 0.4) is 0 Å². The number of nitrogens with one attached hydrogen (secondary N) is 1. The number of rotatable bonds is 4. The van der Waals surface area contributed by atoms with Gasteiger partial charge in [-0.3, -0.25) is 4.79 Å². The Labute approximate surface area is 121 Å². The molecule has 1 heterocycles. The topological polar surface area (TPSA) is 88.5 Å². The largest absolute Gasteiger partial charge is 0.495 e. The Morgan fingerprint density at radius 1 is 1.19 bits per heavy atom. The molecule has 108 valence electrons. The minimum atomic E-state index is -1.07. The lowest BCUT2D eigenvalue weighted by Gasteiger charge is -2.10. The number of carbonyl (C=O) groups excluding carboxylic acids is 1. The van der Waals surface area contributed by atoms with E-state index in [4.69, 9.17) is 9.84 Å². The average molecular weight is 286 g/mol. The minimum absolute atomic E-state index is 0.0730. The predicted octanol–water partition coefficient (Wildman–Crippen LogP) is 2.35. The van der Waals surface area contributed by atoms with Gasteiger partial charge in [-0.25, -0.2) is 9.78 Å². The van der Waals surface area contributed by atoms with Crippen LogP contribution in [0.5, 0.6) is 5.75 Å². The number of ether oxygens (including phenoxy) is 1.